The molecule has 0 heterocycles. The second kappa shape index (κ2) is 8.62. The van der Waals surface area contributed by atoms with Crippen LogP contribution in [0.2, 0.25) is 0 Å². The highest BCUT2D eigenvalue weighted by Gasteiger charge is 2.16. The molecule has 2 aromatic rings. The molecule has 0 aromatic heterocycles. The molecule has 0 radical (unpaired) electrons. The van der Waals surface area contributed by atoms with Crippen LogP contribution < -0.4 is 0 Å². The first kappa shape index (κ1) is 20.2. The van der Waals surface area contributed by atoms with E-state index in [9.17, 15) is 8.78 Å². The van der Waals surface area contributed by atoms with Gasteiger partial charge in [-0.25, -0.2) is 8.78 Å². The Morgan fingerprint density at radius 3 is 1.86 bits per heavy atom. The van der Waals surface area contributed by atoms with Crippen LogP contribution in [-0.2, 0) is 0 Å². The largest absolute Gasteiger partial charge is 0.205 e. The van der Waals surface area contributed by atoms with E-state index in [1.807, 2.05) is 26.0 Å². The third-order valence-corrected chi connectivity index (χ3v) is 5.74. The maximum Gasteiger partial charge on any atom is 0.143 e. The van der Waals surface area contributed by atoms with Crippen LogP contribution in [-0.4, -0.2) is 0 Å². The van der Waals surface area contributed by atoms with Gasteiger partial charge in [0.05, 0.1) is 5.56 Å². The lowest BCUT2D eigenvalue weighted by molar-refractivity contribution is 0.337. The van der Waals surface area contributed by atoms with Crippen LogP contribution >= 0.6 is 0 Å². The Bertz CT molecular complexity index is 954. The fraction of sp³-hybridized carbons (Fsp3) is 0.385. The smallest absolute Gasteiger partial charge is 0.143 e. The Morgan fingerprint density at radius 2 is 1.29 bits per heavy atom. The Morgan fingerprint density at radius 1 is 0.750 bits per heavy atom. The zero-order valence-corrected chi connectivity index (χ0v) is 17.0. The van der Waals surface area contributed by atoms with Crippen LogP contribution in [0, 0.1) is 67.9 Å². The van der Waals surface area contributed by atoms with E-state index < -0.39 is 11.6 Å². The molecule has 0 nitrogen and oxygen atoms in total. The lowest BCUT2D eigenvalue weighted by Gasteiger charge is -2.21. The molecule has 1 aliphatic rings. The number of hydrogen-bond acceptors (Lipinski definition) is 0. The summed E-state index contributed by atoms with van der Waals surface area (Å²) in [6, 6.07) is 6.46. The maximum absolute atomic E-state index is 14.4. The number of hydrogen-bond donors (Lipinski definition) is 0. The van der Waals surface area contributed by atoms with Crippen molar-refractivity contribution in [3.05, 3.63) is 69.3 Å². The number of halogens is 2. The molecule has 1 fully saturated rings. The lowest BCUT2D eigenvalue weighted by Crippen LogP contribution is -2.10. The molecule has 3 rings (SSSR count). The normalized spacial score (nSPS) is 18.6. The van der Waals surface area contributed by atoms with Gasteiger partial charge in [0.2, 0.25) is 0 Å². The van der Waals surface area contributed by atoms with Gasteiger partial charge < -0.3 is 0 Å². The Balaban J connectivity index is 1.82. The van der Waals surface area contributed by atoms with Gasteiger partial charge in [0.1, 0.15) is 11.6 Å². The molecule has 0 saturated heterocycles. The van der Waals surface area contributed by atoms with Crippen LogP contribution in [0.15, 0.2) is 24.3 Å². The second-order valence-electron chi connectivity index (χ2n) is 8.03. The molecule has 28 heavy (non-hydrogen) atoms. The fourth-order valence-corrected chi connectivity index (χ4v) is 3.60. The van der Waals surface area contributed by atoms with Gasteiger partial charge in [-0.1, -0.05) is 30.6 Å². The van der Waals surface area contributed by atoms with Gasteiger partial charge in [0, 0.05) is 17.0 Å². The van der Waals surface area contributed by atoms with Gasteiger partial charge in [-0.2, -0.15) is 0 Å². The van der Waals surface area contributed by atoms with E-state index in [0.29, 0.717) is 11.5 Å². The molecule has 0 amide bonds. The van der Waals surface area contributed by atoms with Crippen LogP contribution in [0.5, 0.6) is 0 Å². The van der Waals surface area contributed by atoms with E-state index in [-0.39, 0.29) is 5.56 Å². The number of aryl methyl sites for hydroxylation is 2. The first-order valence-electron chi connectivity index (χ1n) is 9.94. The van der Waals surface area contributed by atoms with E-state index in [1.165, 1.54) is 30.5 Å². The summed E-state index contributed by atoms with van der Waals surface area (Å²) >= 11 is 0. The summed E-state index contributed by atoms with van der Waals surface area (Å²) in [4.78, 5) is 0. The molecular formula is C26H26F2. The first-order chi connectivity index (χ1) is 13.3. The summed E-state index contributed by atoms with van der Waals surface area (Å²) in [5.74, 6) is 11.5. The standard InChI is InChI=1S/C26H26F2/c1-17-5-7-21(8-6-17)9-10-23-15-25(27)24(26(28)16-23)12-11-22-13-18(2)20(4)19(3)14-22/h13-17,21H,5-8H2,1-4H3. The molecule has 144 valence electrons. The molecule has 0 N–H and O–H groups in total. The van der Waals surface area contributed by atoms with Gasteiger partial charge in [0.15, 0.2) is 0 Å². The minimum absolute atomic E-state index is 0.201. The quantitative estimate of drug-likeness (QED) is 0.462. The highest BCUT2D eigenvalue weighted by molar-refractivity contribution is 5.50. The molecule has 0 aliphatic heterocycles. The van der Waals surface area contributed by atoms with Crippen LogP contribution in [0.4, 0.5) is 8.78 Å². The van der Waals surface area contributed by atoms with E-state index >= 15 is 0 Å². The van der Waals surface area contributed by atoms with Crippen molar-refractivity contribution in [1.82, 2.24) is 0 Å². The van der Waals surface area contributed by atoms with Crippen LogP contribution in [0.1, 0.15) is 66.0 Å². The maximum atomic E-state index is 14.4. The van der Waals surface area contributed by atoms with Gasteiger partial charge in [-0.3, -0.25) is 0 Å². The zero-order chi connectivity index (χ0) is 20.3. The lowest BCUT2D eigenvalue weighted by atomic mass is 9.83. The Hall–Kier alpha value is -2.58. The van der Waals surface area contributed by atoms with Crippen molar-refractivity contribution < 1.29 is 8.78 Å². The predicted molar refractivity (Wildman–Crippen MR) is 111 cm³/mol. The monoisotopic (exact) mass is 376 g/mol. The van der Waals surface area contributed by atoms with E-state index in [2.05, 4.69) is 37.5 Å². The van der Waals surface area contributed by atoms with Gasteiger partial charge in [-0.05, 0) is 93.3 Å². The average Bonchev–Trinajstić information content (AvgIpc) is 2.65. The SMILES string of the molecule is Cc1cc(C#Cc2c(F)cc(C#CC3CCC(C)CC3)cc2F)cc(C)c1C. The van der Waals surface area contributed by atoms with Crippen molar-refractivity contribution in [3.63, 3.8) is 0 Å². The topological polar surface area (TPSA) is 0 Å². The van der Waals surface area contributed by atoms with E-state index in [1.54, 1.807) is 0 Å². The fourth-order valence-electron chi connectivity index (χ4n) is 3.60. The minimum Gasteiger partial charge on any atom is -0.205 e. The third-order valence-electron chi connectivity index (χ3n) is 5.74. The summed E-state index contributed by atoms with van der Waals surface area (Å²) in [5.41, 5.74) is 4.38. The first-order valence-corrected chi connectivity index (χ1v) is 9.94. The molecule has 0 spiro atoms. The highest BCUT2D eigenvalue weighted by atomic mass is 19.1. The summed E-state index contributed by atoms with van der Waals surface area (Å²) < 4.78 is 28.9. The number of benzene rings is 2. The van der Waals surface area contributed by atoms with Crippen molar-refractivity contribution in [3.8, 4) is 23.7 Å². The molecule has 0 atom stereocenters. The third kappa shape index (κ3) is 4.82. The van der Waals surface area contributed by atoms with Crippen molar-refractivity contribution in [1.29, 1.82) is 0 Å². The Kier molecular flexibility index (Phi) is 6.21. The van der Waals surface area contributed by atoms with Gasteiger partial charge in [-0.15, -0.1) is 0 Å². The van der Waals surface area contributed by atoms with E-state index in [0.717, 1.165) is 35.4 Å². The van der Waals surface area contributed by atoms with Crippen LogP contribution in [0.3, 0.4) is 0 Å². The molecular weight excluding hydrogens is 350 g/mol. The Labute approximate surface area is 167 Å². The van der Waals surface area contributed by atoms with Crippen LogP contribution in [0.25, 0.3) is 0 Å². The minimum atomic E-state index is -0.658. The molecule has 0 unspecified atom stereocenters. The molecule has 1 aliphatic carbocycles. The predicted octanol–water partition coefficient (Wildman–Crippen LogP) is 6.47. The molecule has 0 bridgehead atoms. The summed E-state index contributed by atoms with van der Waals surface area (Å²) in [7, 11) is 0. The van der Waals surface area contributed by atoms with Gasteiger partial charge >= 0.3 is 0 Å². The second-order valence-corrected chi connectivity index (χ2v) is 8.03. The van der Waals surface area contributed by atoms with E-state index in [4.69, 9.17) is 0 Å². The highest BCUT2D eigenvalue weighted by Crippen LogP contribution is 2.27. The van der Waals surface area contributed by atoms with Crippen molar-refractivity contribution in [2.24, 2.45) is 11.8 Å². The molecule has 2 aromatic carbocycles. The summed E-state index contributed by atoms with van der Waals surface area (Å²) in [6.07, 6.45) is 4.49. The number of rotatable bonds is 0. The van der Waals surface area contributed by atoms with Crippen molar-refractivity contribution in [2.75, 3.05) is 0 Å². The average molecular weight is 376 g/mol. The molecule has 1 saturated carbocycles. The summed E-state index contributed by atoms with van der Waals surface area (Å²) in [6.45, 7) is 8.33. The van der Waals surface area contributed by atoms with Crippen molar-refractivity contribution >= 4 is 0 Å². The zero-order valence-electron chi connectivity index (χ0n) is 17.0. The molecule has 2 heteroatoms. The van der Waals surface area contributed by atoms with Crippen molar-refractivity contribution in [2.45, 2.75) is 53.4 Å². The van der Waals surface area contributed by atoms with Gasteiger partial charge in [0.25, 0.3) is 0 Å². The summed E-state index contributed by atoms with van der Waals surface area (Å²) in [5, 5.41) is 0.